The van der Waals surface area contributed by atoms with Gasteiger partial charge in [0.05, 0.1) is 5.69 Å². The van der Waals surface area contributed by atoms with E-state index >= 15 is 0 Å². The Labute approximate surface area is 129 Å². The molecule has 2 aromatic rings. The van der Waals surface area contributed by atoms with E-state index in [0.29, 0.717) is 5.88 Å². The van der Waals surface area contributed by atoms with Gasteiger partial charge in [0, 0.05) is 5.56 Å². The summed E-state index contributed by atoms with van der Waals surface area (Å²) in [6.45, 7) is 3.89. The van der Waals surface area contributed by atoms with Crippen molar-refractivity contribution < 1.29 is 14.1 Å². The van der Waals surface area contributed by atoms with E-state index in [1.807, 2.05) is 32.0 Å². The van der Waals surface area contributed by atoms with Crippen LogP contribution in [0.25, 0.3) is 0 Å². The van der Waals surface area contributed by atoms with Gasteiger partial charge >= 0.3 is 0 Å². The first kappa shape index (κ1) is 14.6. The zero-order chi connectivity index (χ0) is 15.5. The Kier molecular flexibility index (Phi) is 4.13. The van der Waals surface area contributed by atoms with E-state index in [1.54, 1.807) is 0 Å². The minimum Gasteiger partial charge on any atom is -0.483 e. The number of aryl methyl sites for hydroxylation is 3. The number of anilines is 1. The largest absolute Gasteiger partial charge is 0.483 e. The lowest BCUT2D eigenvalue weighted by atomic mass is 9.98. The van der Waals surface area contributed by atoms with Crippen molar-refractivity contribution in [2.45, 2.75) is 39.5 Å². The van der Waals surface area contributed by atoms with Crippen LogP contribution in [0, 0.1) is 13.8 Å². The molecule has 0 bridgehead atoms. The van der Waals surface area contributed by atoms with Gasteiger partial charge in [0.15, 0.2) is 6.61 Å². The molecule has 1 N–H and O–H groups in total. The van der Waals surface area contributed by atoms with Crippen LogP contribution in [0.15, 0.2) is 22.7 Å². The molecule has 116 valence electrons. The van der Waals surface area contributed by atoms with Gasteiger partial charge in [0.25, 0.3) is 5.91 Å². The van der Waals surface area contributed by atoms with E-state index in [0.717, 1.165) is 53.8 Å². The molecule has 0 spiro atoms. The lowest BCUT2D eigenvalue weighted by Gasteiger charge is -2.12. The highest BCUT2D eigenvalue weighted by molar-refractivity contribution is 5.91. The van der Waals surface area contributed by atoms with Crippen molar-refractivity contribution in [2.24, 2.45) is 0 Å². The Hall–Kier alpha value is -2.30. The van der Waals surface area contributed by atoms with Gasteiger partial charge in [-0.25, -0.2) is 0 Å². The molecule has 5 heteroatoms. The first-order valence-corrected chi connectivity index (χ1v) is 7.61. The number of nitrogens with zero attached hydrogens (tertiary/aromatic N) is 1. The van der Waals surface area contributed by atoms with E-state index in [9.17, 15) is 4.79 Å². The zero-order valence-electron chi connectivity index (χ0n) is 12.9. The molecule has 5 nitrogen and oxygen atoms in total. The number of nitrogens with one attached hydrogen (secondary N) is 1. The van der Waals surface area contributed by atoms with Crippen molar-refractivity contribution in [2.75, 3.05) is 11.9 Å². The van der Waals surface area contributed by atoms with Crippen LogP contribution in [-0.2, 0) is 17.6 Å². The van der Waals surface area contributed by atoms with Gasteiger partial charge in [-0.2, -0.15) is 0 Å². The third-order valence-corrected chi connectivity index (χ3v) is 3.97. The highest BCUT2D eigenvalue weighted by atomic mass is 16.5. The third-order valence-electron chi connectivity index (χ3n) is 3.97. The number of para-hydroxylation sites is 1. The Morgan fingerprint density at radius 3 is 2.77 bits per heavy atom. The third kappa shape index (κ3) is 2.98. The molecule has 1 aromatic carbocycles. The number of hydrogen-bond donors (Lipinski definition) is 1. The minimum atomic E-state index is -0.229. The van der Waals surface area contributed by atoms with Crippen LogP contribution in [0.5, 0.6) is 5.75 Å². The summed E-state index contributed by atoms with van der Waals surface area (Å²) >= 11 is 0. The predicted molar refractivity (Wildman–Crippen MR) is 83.2 cm³/mol. The summed E-state index contributed by atoms with van der Waals surface area (Å²) in [6, 6.07) is 5.90. The number of benzene rings is 1. The Bertz CT molecular complexity index is 671. The fourth-order valence-electron chi connectivity index (χ4n) is 2.82. The summed E-state index contributed by atoms with van der Waals surface area (Å²) in [4.78, 5) is 12.1. The van der Waals surface area contributed by atoms with E-state index in [2.05, 4.69) is 10.5 Å². The molecule has 3 rings (SSSR count). The quantitative estimate of drug-likeness (QED) is 0.942. The molecule has 0 unspecified atom stereocenters. The highest BCUT2D eigenvalue weighted by Gasteiger charge is 2.20. The molecule has 0 atom stereocenters. The van der Waals surface area contributed by atoms with Crippen molar-refractivity contribution in [3.8, 4) is 5.75 Å². The average Bonchev–Trinajstić information content (AvgIpc) is 2.90. The van der Waals surface area contributed by atoms with E-state index in [1.165, 1.54) is 0 Å². The molecule has 22 heavy (non-hydrogen) atoms. The average molecular weight is 300 g/mol. The molecule has 1 heterocycles. The molecule has 1 aliphatic rings. The van der Waals surface area contributed by atoms with Gasteiger partial charge in [0.1, 0.15) is 5.75 Å². The first-order chi connectivity index (χ1) is 10.6. The Morgan fingerprint density at radius 2 is 2.00 bits per heavy atom. The van der Waals surface area contributed by atoms with Gasteiger partial charge in [-0.05, 0) is 50.7 Å². The second kappa shape index (κ2) is 6.22. The standard InChI is InChI=1S/C17H20N2O3/c1-11-6-5-7-12(2)16(11)21-10-15(20)18-17-13-8-3-4-9-14(13)19-22-17/h5-7H,3-4,8-10H2,1-2H3,(H,18,20). The molecule has 1 aliphatic carbocycles. The van der Waals surface area contributed by atoms with Crippen LogP contribution in [-0.4, -0.2) is 17.7 Å². The SMILES string of the molecule is Cc1cccc(C)c1OCC(=O)Nc1onc2c1CCCC2. The summed E-state index contributed by atoms with van der Waals surface area (Å²) in [6.07, 6.45) is 4.07. The van der Waals surface area contributed by atoms with E-state index in [4.69, 9.17) is 9.26 Å². The van der Waals surface area contributed by atoms with Gasteiger partial charge in [-0.1, -0.05) is 23.4 Å². The first-order valence-electron chi connectivity index (χ1n) is 7.61. The highest BCUT2D eigenvalue weighted by Crippen LogP contribution is 2.27. The van der Waals surface area contributed by atoms with Crippen molar-refractivity contribution >= 4 is 11.8 Å². The molecular formula is C17H20N2O3. The summed E-state index contributed by atoms with van der Waals surface area (Å²) in [7, 11) is 0. The topological polar surface area (TPSA) is 64.4 Å². The van der Waals surface area contributed by atoms with Crippen molar-refractivity contribution in [3.05, 3.63) is 40.6 Å². The lowest BCUT2D eigenvalue weighted by Crippen LogP contribution is -2.21. The molecule has 0 saturated carbocycles. The maximum absolute atomic E-state index is 12.1. The second-order valence-electron chi connectivity index (χ2n) is 5.70. The second-order valence-corrected chi connectivity index (χ2v) is 5.70. The normalized spacial score (nSPS) is 13.5. The Morgan fingerprint density at radius 1 is 1.27 bits per heavy atom. The lowest BCUT2D eigenvalue weighted by molar-refractivity contribution is -0.118. The molecule has 0 aliphatic heterocycles. The van der Waals surface area contributed by atoms with Crippen molar-refractivity contribution in [3.63, 3.8) is 0 Å². The summed E-state index contributed by atoms with van der Waals surface area (Å²) in [5.41, 5.74) is 4.04. The van der Waals surface area contributed by atoms with Crippen LogP contribution in [0.1, 0.15) is 35.2 Å². The monoisotopic (exact) mass is 300 g/mol. The number of hydrogen-bond acceptors (Lipinski definition) is 4. The molecular weight excluding hydrogens is 280 g/mol. The number of rotatable bonds is 4. The van der Waals surface area contributed by atoms with E-state index < -0.39 is 0 Å². The van der Waals surface area contributed by atoms with Gasteiger partial charge in [0.2, 0.25) is 5.88 Å². The summed E-state index contributed by atoms with van der Waals surface area (Å²) in [5.74, 6) is 1.01. The maximum Gasteiger partial charge on any atom is 0.264 e. The Balaban J connectivity index is 1.62. The smallest absolute Gasteiger partial charge is 0.264 e. The number of ether oxygens (including phenoxy) is 1. The van der Waals surface area contributed by atoms with Crippen LogP contribution in [0.3, 0.4) is 0 Å². The minimum absolute atomic E-state index is 0.0405. The number of carbonyl (C=O) groups excluding carboxylic acids is 1. The number of aromatic nitrogens is 1. The van der Waals surface area contributed by atoms with Gasteiger partial charge in [-0.3, -0.25) is 10.1 Å². The van der Waals surface area contributed by atoms with E-state index in [-0.39, 0.29) is 12.5 Å². The zero-order valence-corrected chi connectivity index (χ0v) is 12.9. The van der Waals surface area contributed by atoms with Crippen LogP contribution in [0.2, 0.25) is 0 Å². The van der Waals surface area contributed by atoms with Gasteiger partial charge < -0.3 is 9.26 Å². The number of carbonyl (C=O) groups is 1. The molecule has 1 amide bonds. The van der Waals surface area contributed by atoms with Crippen molar-refractivity contribution in [1.29, 1.82) is 0 Å². The molecule has 0 radical (unpaired) electrons. The fourth-order valence-corrected chi connectivity index (χ4v) is 2.82. The van der Waals surface area contributed by atoms with Crippen LogP contribution in [0.4, 0.5) is 5.88 Å². The summed E-state index contributed by atoms with van der Waals surface area (Å²) < 4.78 is 10.9. The maximum atomic E-state index is 12.1. The van der Waals surface area contributed by atoms with Crippen molar-refractivity contribution in [1.82, 2.24) is 5.16 Å². The van der Waals surface area contributed by atoms with Crippen LogP contribution < -0.4 is 10.1 Å². The predicted octanol–water partition coefficient (Wildman–Crippen LogP) is 3.19. The number of amides is 1. The molecule has 1 aromatic heterocycles. The number of fused-ring (bicyclic) bond motifs is 1. The van der Waals surface area contributed by atoms with Crippen LogP contribution >= 0.6 is 0 Å². The molecule has 0 fully saturated rings. The van der Waals surface area contributed by atoms with Gasteiger partial charge in [-0.15, -0.1) is 0 Å². The molecule has 0 saturated heterocycles. The summed E-state index contributed by atoms with van der Waals surface area (Å²) in [5, 5.41) is 6.79. The fraction of sp³-hybridized carbons (Fsp3) is 0.412.